The average molecular weight is 531 g/mol. The van der Waals surface area contributed by atoms with E-state index in [1.807, 2.05) is 25.1 Å². The first-order valence-corrected chi connectivity index (χ1v) is 12.5. The fourth-order valence-electron chi connectivity index (χ4n) is 3.59. The van der Waals surface area contributed by atoms with E-state index in [2.05, 4.69) is 44.6 Å². The Labute approximate surface area is 227 Å². The molecule has 0 atom stereocenters. The Bertz CT molecular complexity index is 1430. The van der Waals surface area contributed by atoms with Crippen molar-refractivity contribution in [1.29, 1.82) is 0 Å². The van der Waals surface area contributed by atoms with E-state index in [1.54, 1.807) is 31.4 Å². The Kier molecular flexibility index (Phi) is 9.65. The zero-order valence-electron chi connectivity index (χ0n) is 21.2. The number of hydrogen-bond donors (Lipinski definition) is 2. The molecule has 194 valence electrons. The minimum Gasteiger partial charge on any atom is -0.487 e. The Hall–Kier alpha value is -3.96. The van der Waals surface area contributed by atoms with E-state index in [-0.39, 0.29) is 12.4 Å². The molecule has 0 aliphatic heterocycles. The predicted octanol–water partition coefficient (Wildman–Crippen LogP) is 6.04. The zero-order valence-corrected chi connectivity index (χ0v) is 22.0. The molecule has 0 unspecified atom stereocenters. The van der Waals surface area contributed by atoms with Gasteiger partial charge in [0.15, 0.2) is 0 Å². The number of rotatable bonds is 10. The first kappa shape index (κ1) is 27.1. The fourth-order valence-corrected chi connectivity index (χ4v) is 3.82. The molecule has 1 heterocycles. The highest BCUT2D eigenvalue weighted by molar-refractivity contribution is 6.32. The van der Waals surface area contributed by atoms with E-state index >= 15 is 0 Å². The van der Waals surface area contributed by atoms with Gasteiger partial charge in [0.25, 0.3) is 0 Å². The van der Waals surface area contributed by atoms with E-state index in [0.29, 0.717) is 28.8 Å². The number of halogens is 2. The van der Waals surface area contributed by atoms with Gasteiger partial charge in [0.05, 0.1) is 22.9 Å². The first-order valence-electron chi connectivity index (χ1n) is 12.1. The van der Waals surface area contributed by atoms with E-state index in [9.17, 15) is 4.39 Å². The number of benzene rings is 3. The van der Waals surface area contributed by atoms with E-state index in [4.69, 9.17) is 21.1 Å². The van der Waals surface area contributed by atoms with Crippen molar-refractivity contribution in [3.63, 3.8) is 0 Å². The van der Waals surface area contributed by atoms with Gasteiger partial charge < -0.3 is 20.1 Å². The van der Waals surface area contributed by atoms with E-state index < -0.39 is 0 Å². The molecule has 0 saturated carbocycles. The summed E-state index contributed by atoms with van der Waals surface area (Å²) in [6, 6.07) is 19.7. The molecule has 3 aromatic carbocycles. The molecule has 4 rings (SSSR count). The summed E-state index contributed by atoms with van der Waals surface area (Å²) in [4.78, 5) is 8.70. The first-order chi connectivity index (χ1) is 18.5. The minimum absolute atomic E-state index is 0.209. The zero-order chi connectivity index (χ0) is 26.7. The Balaban J connectivity index is 1.44. The molecule has 0 fully saturated rings. The van der Waals surface area contributed by atoms with Crippen LogP contribution in [0.25, 0.3) is 0 Å². The van der Waals surface area contributed by atoms with E-state index in [1.165, 1.54) is 24.0 Å². The molecule has 0 aliphatic rings. The summed E-state index contributed by atoms with van der Waals surface area (Å²) >= 11 is 6.46. The van der Waals surface area contributed by atoms with Gasteiger partial charge >= 0.3 is 0 Å². The summed E-state index contributed by atoms with van der Waals surface area (Å²) in [7, 11) is 1.69. The molecule has 2 N–H and O–H groups in total. The summed E-state index contributed by atoms with van der Waals surface area (Å²) < 4.78 is 24.2. The number of aromatic nitrogens is 2. The maximum absolute atomic E-state index is 13.4. The third-order valence-corrected chi connectivity index (χ3v) is 5.91. The number of ether oxygens (including phenoxy) is 2. The Morgan fingerprint density at radius 2 is 1.82 bits per heavy atom. The third-order valence-electron chi connectivity index (χ3n) is 5.61. The van der Waals surface area contributed by atoms with Crippen molar-refractivity contribution in [2.75, 3.05) is 25.6 Å². The Morgan fingerprint density at radius 1 is 0.974 bits per heavy atom. The topological polar surface area (TPSA) is 68.3 Å². The lowest BCUT2D eigenvalue weighted by molar-refractivity contribution is 0.199. The van der Waals surface area contributed by atoms with Crippen molar-refractivity contribution >= 4 is 23.1 Å². The molecular weight excluding hydrogens is 503 g/mol. The molecule has 1 aromatic heterocycles. The highest BCUT2D eigenvalue weighted by Crippen LogP contribution is 2.30. The van der Waals surface area contributed by atoms with Crippen LogP contribution < -0.4 is 15.4 Å². The summed E-state index contributed by atoms with van der Waals surface area (Å²) in [6.45, 7) is 4.35. The van der Waals surface area contributed by atoms with Gasteiger partial charge in [-0.25, -0.2) is 14.4 Å². The highest BCUT2D eigenvalue weighted by Gasteiger charge is 2.09. The van der Waals surface area contributed by atoms with Crippen LogP contribution in [0.3, 0.4) is 0 Å². The van der Waals surface area contributed by atoms with Crippen molar-refractivity contribution in [3.05, 3.63) is 112 Å². The van der Waals surface area contributed by atoms with Gasteiger partial charge in [0.1, 0.15) is 30.3 Å². The Morgan fingerprint density at radius 3 is 2.58 bits per heavy atom. The van der Waals surface area contributed by atoms with Crippen molar-refractivity contribution < 1.29 is 13.9 Å². The van der Waals surface area contributed by atoms with Gasteiger partial charge in [-0.3, -0.25) is 0 Å². The number of methoxy groups -OCH3 is 1. The monoisotopic (exact) mass is 530 g/mol. The lowest BCUT2D eigenvalue weighted by Gasteiger charge is -2.12. The van der Waals surface area contributed by atoms with Gasteiger partial charge in [-0.15, -0.1) is 0 Å². The molecular formula is C30H28ClFN4O2. The van der Waals surface area contributed by atoms with Crippen LogP contribution >= 0.6 is 11.6 Å². The number of aryl methyl sites for hydroxylation is 1. The maximum Gasteiger partial charge on any atom is 0.149 e. The minimum atomic E-state index is -0.307. The molecule has 0 saturated heterocycles. The molecule has 8 heteroatoms. The predicted molar refractivity (Wildman–Crippen MR) is 148 cm³/mol. The van der Waals surface area contributed by atoms with Gasteiger partial charge in [-0.1, -0.05) is 47.7 Å². The summed E-state index contributed by atoms with van der Waals surface area (Å²) in [6.07, 6.45) is 1.49. The number of hydrogen-bond acceptors (Lipinski definition) is 6. The molecule has 6 nitrogen and oxygen atoms in total. The number of nitrogens with zero attached hydrogens (tertiary/aromatic N) is 2. The van der Waals surface area contributed by atoms with Crippen LogP contribution in [-0.4, -0.2) is 30.2 Å². The second-order valence-corrected chi connectivity index (χ2v) is 8.90. The maximum atomic E-state index is 13.4. The highest BCUT2D eigenvalue weighted by atomic mass is 35.5. The molecule has 0 spiro atoms. The van der Waals surface area contributed by atoms with Crippen LogP contribution in [0.1, 0.15) is 27.9 Å². The molecule has 4 aromatic rings. The van der Waals surface area contributed by atoms with Crippen molar-refractivity contribution in [2.45, 2.75) is 20.1 Å². The quantitative estimate of drug-likeness (QED) is 0.192. The molecule has 0 radical (unpaired) electrons. The van der Waals surface area contributed by atoms with Gasteiger partial charge in [0.2, 0.25) is 0 Å². The van der Waals surface area contributed by atoms with Crippen LogP contribution in [0.5, 0.6) is 5.75 Å². The number of nitrogens with one attached hydrogen (secondary N) is 2. The summed E-state index contributed by atoms with van der Waals surface area (Å²) in [5.74, 6) is 7.18. The molecule has 0 amide bonds. The second-order valence-electron chi connectivity index (χ2n) is 8.49. The van der Waals surface area contributed by atoms with Crippen LogP contribution in [-0.2, 0) is 17.9 Å². The average Bonchev–Trinajstić information content (AvgIpc) is 2.91. The van der Waals surface area contributed by atoms with Crippen molar-refractivity contribution in [2.24, 2.45) is 0 Å². The number of anilines is 2. The van der Waals surface area contributed by atoms with Crippen LogP contribution in [0.15, 0.2) is 73.1 Å². The lowest BCUT2D eigenvalue weighted by Crippen LogP contribution is -2.18. The van der Waals surface area contributed by atoms with Crippen LogP contribution in [0, 0.1) is 24.6 Å². The second kappa shape index (κ2) is 13.5. The van der Waals surface area contributed by atoms with Crippen molar-refractivity contribution in [3.8, 4) is 17.6 Å². The van der Waals surface area contributed by atoms with Crippen LogP contribution in [0.4, 0.5) is 15.9 Å². The van der Waals surface area contributed by atoms with Gasteiger partial charge in [0, 0.05) is 31.5 Å². The van der Waals surface area contributed by atoms with Crippen LogP contribution in [0.2, 0.25) is 5.02 Å². The normalized spacial score (nSPS) is 10.5. The smallest absolute Gasteiger partial charge is 0.149 e. The fraction of sp³-hybridized carbons (Fsp3) is 0.200. The summed E-state index contributed by atoms with van der Waals surface area (Å²) in [5, 5.41) is 7.02. The standard InChI is InChI=1S/C30H28ClFN4O2/c1-21-27(12-10-22-6-8-23(9-7-22)18-33-14-15-37-2)30(35-20-34-21)36-26-11-13-29(28(31)17-26)38-19-24-4-3-5-25(32)16-24/h3-9,11,13,16-17,20,33H,14-15,18-19H2,1-2H3,(H,34,35,36). The molecule has 0 bridgehead atoms. The largest absolute Gasteiger partial charge is 0.487 e. The third kappa shape index (κ3) is 7.77. The molecule has 38 heavy (non-hydrogen) atoms. The lowest BCUT2D eigenvalue weighted by atomic mass is 10.1. The van der Waals surface area contributed by atoms with Gasteiger partial charge in [-0.2, -0.15) is 0 Å². The van der Waals surface area contributed by atoms with Crippen molar-refractivity contribution in [1.82, 2.24) is 15.3 Å². The SMILES string of the molecule is COCCNCc1ccc(C#Cc2c(C)ncnc2Nc2ccc(OCc3cccc(F)c3)c(Cl)c2)cc1. The summed E-state index contributed by atoms with van der Waals surface area (Å²) in [5.41, 5.74) is 4.96. The van der Waals surface area contributed by atoms with Gasteiger partial charge in [-0.05, 0) is 60.5 Å². The van der Waals surface area contributed by atoms with E-state index in [0.717, 1.165) is 35.6 Å². The molecule has 0 aliphatic carbocycles.